The molecule has 2 aromatic rings. The first-order chi connectivity index (χ1) is 11.6. The monoisotopic (exact) mass is 330 g/mol. The van der Waals surface area contributed by atoms with Crippen LogP contribution in [0.25, 0.3) is 0 Å². The SMILES string of the molecule is O=C(NCC(CC1CC1)c1ccc(C(F)F)nc1)c1ccccc1. The fourth-order valence-electron chi connectivity index (χ4n) is 2.79. The molecule has 3 nitrogen and oxygen atoms in total. The number of pyridine rings is 1. The molecule has 0 aliphatic heterocycles. The van der Waals surface area contributed by atoms with Crippen LogP contribution in [0.1, 0.15) is 53.2 Å². The lowest BCUT2D eigenvalue weighted by Gasteiger charge is -2.18. The maximum Gasteiger partial charge on any atom is 0.280 e. The molecule has 5 heteroatoms. The topological polar surface area (TPSA) is 42.0 Å². The minimum atomic E-state index is -2.56. The number of nitrogens with one attached hydrogen (secondary N) is 1. The Morgan fingerprint density at radius 2 is 1.92 bits per heavy atom. The smallest absolute Gasteiger partial charge is 0.280 e. The average Bonchev–Trinajstić information content (AvgIpc) is 3.43. The van der Waals surface area contributed by atoms with E-state index < -0.39 is 6.43 Å². The Balaban J connectivity index is 1.66. The lowest BCUT2D eigenvalue weighted by Crippen LogP contribution is -2.28. The fraction of sp³-hybridized carbons (Fsp3) is 0.368. The largest absolute Gasteiger partial charge is 0.351 e. The zero-order valence-corrected chi connectivity index (χ0v) is 13.3. The lowest BCUT2D eigenvalue weighted by molar-refractivity contribution is 0.0950. The van der Waals surface area contributed by atoms with Crippen LogP contribution < -0.4 is 5.32 Å². The minimum absolute atomic E-state index is 0.101. The van der Waals surface area contributed by atoms with Gasteiger partial charge in [0.1, 0.15) is 5.69 Å². The van der Waals surface area contributed by atoms with Gasteiger partial charge < -0.3 is 5.32 Å². The number of carbonyl (C=O) groups excluding carboxylic acids is 1. The Kier molecular flexibility index (Phi) is 5.18. The highest BCUT2D eigenvalue weighted by atomic mass is 19.3. The van der Waals surface area contributed by atoms with Gasteiger partial charge >= 0.3 is 0 Å². The van der Waals surface area contributed by atoms with Gasteiger partial charge in [-0.25, -0.2) is 8.78 Å². The van der Waals surface area contributed by atoms with E-state index >= 15 is 0 Å². The van der Waals surface area contributed by atoms with E-state index in [4.69, 9.17) is 0 Å². The number of rotatable bonds is 7. The quantitative estimate of drug-likeness (QED) is 0.821. The van der Waals surface area contributed by atoms with Crippen molar-refractivity contribution in [1.82, 2.24) is 10.3 Å². The molecular formula is C19H20F2N2O. The van der Waals surface area contributed by atoms with Crippen LogP contribution in [0.2, 0.25) is 0 Å². The van der Waals surface area contributed by atoms with Crippen LogP contribution in [-0.2, 0) is 0 Å². The highest BCUT2D eigenvalue weighted by Gasteiger charge is 2.27. The lowest BCUT2D eigenvalue weighted by atomic mass is 9.94. The third kappa shape index (κ3) is 4.37. The zero-order chi connectivity index (χ0) is 16.9. The Labute approximate surface area is 140 Å². The molecule has 3 rings (SSSR count). The number of nitrogens with zero attached hydrogens (tertiary/aromatic N) is 1. The Bertz CT molecular complexity index is 670. The number of alkyl halides is 2. The predicted molar refractivity (Wildman–Crippen MR) is 88.1 cm³/mol. The Morgan fingerprint density at radius 1 is 1.17 bits per heavy atom. The maximum atomic E-state index is 12.6. The van der Waals surface area contributed by atoms with Gasteiger partial charge in [0.2, 0.25) is 0 Å². The highest BCUT2D eigenvalue weighted by molar-refractivity contribution is 5.94. The fourth-order valence-corrected chi connectivity index (χ4v) is 2.79. The molecule has 1 aliphatic carbocycles. The van der Waals surface area contributed by atoms with Gasteiger partial charge in [0.25, 0.3) is 12.3 Å². The van der Waals surface area contributed by atoms with E-state index in [2.05, 4.69) is 10.3 Å². The normalized spacial score (nSPS) is 15.3. The van der Waals surface area contributed by atoms with E-state index in [9.17, 15) is 13.6 Å². The third-order valence-corrected chi connectivity index (χ3v) is 4.36. The van der Waals surface area contributed by atoms with Crippen LogP contribution in [0.3, 0.4) is 0 Å². The van der Waals surface area contributed by atoms with Crippen LogP contribution in [0.15, 0.2) is 48.7 Å². The van der Waals surface area contributed by atoms with Gasteiger partial charge in [0.15, 0.2) is 0 Å². The van der Waals surface area contributed by atoms with Gasteiger partial charge in [-0.2, -0.15) is 0 Å². The Morgan fingerprint density at radius 3 is 2.50 bits per heavy atom. The molecule has 0 bridgehead atoms. The Hall–Kier alpha value is -2.30. The van der Waals surface area contributed by atoms with Crippen molar-refractivity contribution >= 4 is 5.91 Å². The zero-order valence-electron chi connectivity index (χ0n) is 13.3. The van der Waals surface area contributed by atoms with Crippen LogP contribution in [0.4, 0.5) is 8.78 Å². The first-order valence-corrected chi connectivity index (χ1v) is 8.20. The van der Waals surface area contributed by atoms with Crippen LogP contribution >= 0.6 is 0 Å². The first kappa shape index (κ1) is 16.6. The van der Waals surface area contributed by atoms with Crippen molar-refractivity contribution < 1.29 is 13.6 Å². The summed E-state index contributed by atoms with van der Waals surface area (Å²) in [6.07, 6.45) is 2.31. The van der Waals surface area contributed by atoms with E-state index in [-0.39, 0.29) is 17.5 Å². The number of carbonyl (C=O) groups is 1. The van der Waals surface area contributed by atoms with Gasteiger partial charge in [-0.15, -0.1) is 0 Å². The van der Waals surface area contributed by atoms with Gasteiger partial charge in [0.05, 0.1) is 0 Å². The number of hydrogen-bond acceptors (Lipinski definition) is 2. The van der Waals surface area contributed by atoms with Crippen LogP contribution in [0, 0.1) is 5.92 Å². The summed E-state index contributed by atoms with van der Waals surface area (Å²) in [4.78, 5) is 16.0. The molecule has 1 amide bonds. The standard InChI is InChI=1S/C19H20F2N2O/c20-18(21)17-9-8-15(11-22-17)16(10-13-6-7-13)12-23-19(24)14-4-2-1-3-5-14/h1-5,8-9,11,13,16,18H,6-7,10,12H2,(H,23,24). The summed E-state index contributed by atoms with van der Waals surface area (Å²) in [6.45, 7) is 0.486. The van der Waals surface area contributed by atoms with Gasteiger partial charge in [-0.3, -0.25) is 9.78 Å². The average molecular weight is 330 g/mol. The molecule has 0 spiro atoms. The van der Waals surface area contributed by atoms with E-state index in [1.54, 1.807) is 18.2 Å². The summed E-state index contributed by atoms with van der Waals surface area (Å²) >= 11 is 0. The van der Waals surface area contributed by atoms with Crippen molar-refractivity contribution in [3.05, 3.63) is 65.5 Å². The maximum absolute atomic E-state index is 12.6. The molecule has 1 saturated carbocycles. The number of halogens is 2. The molecule has 1 aliphatic rings. The van der Waals surface area contributed by atoms with Gasteiger partial charge in [-0.1, -0.05) is 37.1 Å². The minimum Gasteiger partial charge on any atom is -0.351 e. The van der Waals surface area contributed by atoms with Crippen molar-refractivity contribution in [1.29, 1.82) is 0 Å². The molecule has 0 saturated heterocycles. The summed E-state index contributed by atoms with van der Waals surface area (Å²) in [5.41, 5.74) is 1.31. The summed E-state index contributed by atoms with van der Waals surface area (Å²) < 4.78 is 25.3. The molecule has 1 unspecified atom stereocenters. The summed E-state index contributed by atoms with van der Waals surface area (Å²) in [5.74, 6) is 0.649. The molecule has 126 valence electrons. The van der Waals surface area contributed by atoms with Gasteiger partial charge in [-0.05, 0) is 36.1 Å². The predicted octanol–water partition coefficient (Wildman–Crippen LogP) is 4.33. The molecule has 24 heavy (non-hydrogen) atoms. The number of amides is 1. The van der Waals surface area contributed by atoms with Crippen LogP contribution in [0.5, 0.6) is 0 Å². The molecule has 1 atom stereocenters. The van der Waals surface area contributed by atoms with Crippen LogP contribution in [-0.4, -0.2) is 17.4 Å². The van der Waals surface area contributed by atoms with Gasteiger partial charge in [0, 0.05) is 24.2 Å². The van der Waals surface area contributed by atoms with E-state index in [0.29, 0.717) is 18.0 Å². The van der Waals surface area contributed by atoms with Crippen molar-refractivity contribution in [2.75, 3.05) is 6.54 Å². The summed E-state index contributed by atoms with van der Waals surface area (Å²) in [7, 11) is 0. The summed E-state index contributed by atoms with van der Waals surface area (Å²) in [5, 5.41) is 2.95. The third-order valence-electron chi connectivity index (χ3n) is 4.36. The molecule has 1 heterocycles. The van der Waals surface area contributed by atoms with Crippen molar-refractivity contribution in [3.8, 4) is 0 Å². The first-order valence-electron chi connectivity index (χ1n) is 8.20. The van der Waals surface area contributed by atoms with Crippen molar-refractivity contribution in [2.45, 2.75) is 31.6 Å². The number of benzene rings is 1. The second kappa shape index (κ2) is 7.51. The summed E-state index contributed by atoms with van der Waals surface area (Å²) in [6, 6.07) is 12.1. The molecule has 1 aromatic carbocycles. The number of aromatic nitrogens is 1. The molecular weight excluding hydrogens is 310 g/mol. The van der Waals surface area contributed by atoms with E-state index in [0.717, 1.165) is 12.0 Å². The van der Waals surface area contributed by atoms with Crippen molar-refractivity contribution in [2.24, 2.45) is 5.92 Å². The molecule has 0 radical (unpaired) electrons. The van der Waals surface area contributed by atoms with Crippen molar-refractivity contribution in [3.63, 3.8) is 0 Å². The molecule has 1 fully saturated rings. The van der Waals surface area contributed by atoms with E-state index in [1.165, 1.54) is 25.1 Å². The van der Waals surface area contributed by atoms with E-state index in [1.807, 2.05) is 18.2 Å². The second-order valence-corrected chi connectivity index (χ2v) is 6.27. The molecule has 1 N–H and O–H groups in total. The second-order valence-electron chi connectivity index (χ2n) is 6.27. The molecule has 1 aromatic heterocycles. The number of hydrogen-bond donors (Lipinski definition) is 1. The highest BCUT2D eigenvalue weighted by Crippen LogP contribution is 2.38.